The van der Waals surface area contributed by atoms with Gasteiger partial charge in [-0.25, -0.2) is 0 Å². The van der Waals surface area contributed by atoms with E-state index in [4.69, 9.17) is 4.74 Å². The molecule has 1 fully saturated rings. The summed E-state index contributed by atoms with van der Waals surface area (Å²) in [7, 11) is 0. The minimum Gasteiger partial charge on any atom is -0.507 e. The summed E-state index contributed by atoms with van der Waals surface area (Å²) in [5.74, 6) is 0.0485. The van der Waals surface area contributed by atoms with E-state index in [9.17, 15) is 15.0 Å². The van der Waals surface area contributed by atoms with Crippen molar-refractivity contribution in [3.63, 3.8) is 0 Å². The molecule has 5 heteroatoms. The second kappa shape index (κ2) is 7.38. The largest absolute Gasteiger partial charge is 0.507 e. The van der Waals surface area contributed by atoms with E-state index >= 15 is 0 Å². The summed E-state index contributed by atoms with van der Waals surface area (Å²) in [6.45, 7) is 4.47. The molecule has 22 heavy (non-hydrogen) atoms. The molecule has 0 atom stereocenters. The maximum absolute atomic E-state index is 12.2. The molecule has 0 unspecified atom stereocenters. The molecule has 1 amide bonds. The molecule has 5 nitrogen and oxygen atoms in total. The van der Waals surface area contributed by atoms with E-state index in [1.807, 2.05) is 6.92 Å². The van der Waals surface area contributed by atoms with Gasteiger partial charge in [-0.2, -0.15) is 0 Å². The average molecular weight is 307 g/mol. The van der Waals surface area contributed by atoms with Crippen molar-refractivity contribution in [1.82, 2.24) is 5.32 Å². The average Bonchev–Trinajstić information content (AvgIpc) is 2.50. The maximum atomic E-state index is 12.2. The van der Waals surface area contributed by atoms with Crippen molar-refractivity contribution in [2.45, 2.75) is 46.0 Å². The van der Waals surface area contributed by atoms with Crippen LogP contribution in [0.15, 0.2) is 6.07 Å². The fourth-order valence-corrected chi connectivity index (χ4v) is 2.93. The van der Waals surface area contributed by atoms with E-state index in [1.165, 1.54) is 25.3 Å². The van der Waals surface area contributed by atoms with E-state index in [1.54, 1.807) is 6.92 Å². The predicted molar refractivity (Wildman–Crippen MR) is 84.6 cm³/mol. The summed E-state index contributed by atoms with van der Waals surface area (Å²) >= 11 is 0. The van der Waals surface area contributed by atoms with Crippen molar-refractivity contribution in [1.29, 1.82) is 0 Å². The van der Waals surface area contributed by atoms with Gasteiger partial charge in [-0.15, -0.1) is 0 Å². The number of benzene rings is 1. The van der Waals surface area contributed by atoms with E-state index in [0.29, 0.717) is 24.6 Å². The lowest BCUT2D eigenvalue weighted by atomic mass is 9.90. The van der Waals surface area contributed by atoms with Crippen molar-refractivity contribution in [2.75, 3.05) is 13.2 Å². The number of hydrogen-bond donors (Lipinski definition) is 3. The quantitative estimate of drug-likeness (QED) is 0.781. The summed E-state index contributed by atoms with van der Waals surface area (Å²) in [5, 5.41) is 22.6. The molecule has 1 aliphatic carbocycles. The summed E-state index contributed by atoms with van der Waals surface area (Å²) in [6.07, 6.45) is 5.94. The normalized spacial score (nSPS) is 15.5. The number of carbonyl (C=O) groups is 1. The molecule has 1 aliphatic rings. The molecule has 1 saturated carbocycles. The monoisotopic (exact) mass is 307 g/mol. The first-order chi connectivity index (χ1) is 10.5. The number of nitrogens with one attached hydrogen (secondary N) is 1. The highest BCUT2D eigenvalue weighted by atomic mass is 16.5. The second-order valence-electron chi connectivity index (χ2n) is 5.92. The third-order valence-electron chi connectivity index (χ3n) is 4.23. The molecule has 0 spiro atoms. The van der Waals surface area contributed by atoms with E-state index in [0.717, 1.165) is 12.8 Å². The zero-order chi connectivity index (χ0) is 16.1. The number of carbonyl (C=O) groups excluding carboxylic acids is 1. The minimum atomic E-state index is -0.387. The number of phenols is 2. The Labute approximate surface area is 131 Å². The van der Waals surface area contributed by atoms with Gasteiger partial charge < -0.3 is 20.3 Å². The maximum Gasteiger partial charge on any atom is 0.258 e. The van der Waals surface area contributed by atoms with Gasteiger partial charge in [0.15, 0.2) is 0 Å². The molecular weight excluding hydrogens is 282 g/mol. The van der Waals surface area contributed by atoms with Crippen LogP contribution in [0, 0.1) is 12.8 Å². The topological polar surface area (TPSA) is 78.8 Å². The van der Waals surface area contributed by atoms with Crippen molar-refractivity contribution in [3.05, 3.63) is 17.2 Å². The Morgan fingerprint density at radius 3 is 2.59 bits per heavy atom. The molecule has 0 aliphatic heterocycles. The summed E-state index contributed by atoms with van der Waals surface area (Å²) < 4.78 is 5.86. The van der Waals surface area contributed by atoms with Gasteiger partial charge in [-0.3, -0.25) is 4.79 Å². The SMILES string of the molecule is CCNC(=O)c1c(O)cc(O)c(C)c1OCC1CCCCC1. The van der Waals surface area contributed by atoms with Crippen molar-refractivity contribution in [3.8, 4) is 17.2 Å². The lowest BCUT2D eigenvalue weighted by Gasteiger charge is -2.23. The summed E-state index contributed by atoms with van der Waals surface area (Å²) in [5.41, 5.74) is 0.586. The van der Waals surface area contributed by atoms with Crippen LogP contribution in [0.5, 0.6) is 17.2 Å². The smallest absolute Gasteiger partial charge is 0.258 e. The molecule has 3 N–H and O–H groups in total. The number of phenolic OH excluding ortho intramolecular Hbond substituents is 2. The van der Waals surface area contributed by atoms with Crippen molar-refractivity contribution < 1.29 is 19.7 Å². The molecule has 0 aromatic heterocycles. The predicted octanol–water partition coefficient (Wildman–Crippen LogP) is 3.12. The van der Waals surface area contributed by atoms with Crippen LogP contribution in [-0.4, -0.2) is 29.3 Å². The first kappa shape index (κ1) is 16.5. The van der Waals surface area contributed by atoms with Crippen LogP contribution in [-0.2, 0) is 0 Å². The fraction of sp³-hybridized carbons (Fsp3) is 0.588. The van der Waals surface area contributed by atoms with Crippen molar-refractivity contribution >= 4 is 5.91 Å². The Morgan fingerprint density at radius 2 is 1.95 bits per heavy atom. The Morgan fingerprint density at radius 1 is 1.27 bits per heavy atom. The van der Waals surface area contributed by atoms with Gasteiger partial charge in [0.25, 0.3) is 5.91 Å². The van der Waals surface area contributed by atoms with Gasteiger partial charge in [0.05, 0.1) is 6.61 Å². The second-order valence-corrected chi connectivity index (χ2v) is 5.92. The zero-order valence-corrected chi connectivity index (χ0v) is 13.3. The third kappa shape index (κ3) is 3.64. The first-order valence-corrected chi connectivity index (χ1v) is 8.01. The Hall–Kier alpha value is -1.91. The van der Waals surface area contributed by atoms with Crippen LogP contribution in [0.2, 0.25) is 0 Å². The molecule has 1 aromatic rings. The summed E-state index contributed by atoms with van der Waals surface area (Å²) in [6, 6.07) is 1.19. The minimum absolute atomic E-state index is 0.0656. The highest BCUT2D eigenvalue weighted by Crippen LogP contribution is 2.38. The van der Waals surface area contributed by atoms with Gasteiger partial charge in [-0.05, 0) is 32.6 Å². The van der Waals surface area contributed by atoms with Crippen LogP contribution >= 0.6 is 0 Å². The molecule has 0 radical (unpaired) electrons. The van der Waals surface area contributed by atoms with E-state index in [2.05, 4.69) is 5.32 Å². The lowest BCUT2D eigenvalue weighted by Crippen LogP contribution is -2.24. The van der Waals surface area contributed by atoms with E-state index in [-0.39, 0.29) is 28.7 Å². The van der Waals surface area contributed by atoms with Gasteiger partial charge in [-0.1, -0.05) is 19.3 Å². The van der Waals surface area contributed by atoms with Crippen LogP contribution < -0.4 is 10.1 Å². The zero-order valence-electron chi connectivity index (χ0n) is 13.3. The molecule has 122 valence electrons. The fourth-order valence-electron chi connectivity index (χ4n) is 2.93. The van der Waals surface area contributed by atoms with Crippen LogP contribution in [0.25, 0.3) is 0 Å². The lowest BCUT2D eigenvalue weighted by molar-refractivity contribution is 0.0946. The van der Waals surface area contributed by atoms with Gasteiger partial charge >= 0.3 is 0 Å². The molecule has 0 bridgehead atoms. The highest BCUT2D eigenvalue weighted by molar-refractivity contribution is 6.00. The van der Waals surface area contributed by atoms with Crippen LogP contribution in [0.3, 0.4) is 0 Å². The third-order valence-corrected chi connectivity index (χ3v) is 4.23. The van der Waals surface area contributed by atoms with Gasteiger partial charge in [0.2, 0.25) is 0 Å². The first-order valence-electron chi connectivity index (χ1n) is 8.01. The number of aromatic hydroxyl groups is 2. The van der Waals surface area contributed by atoms with E-state index < -0.39 is 0 Å². The number of rotatable bonds is 5. The van der Waals surface area contributed by atoms with Gasteiger partial charge in [0.1, 0.15) is 22.8 Å². The van der Waals surface area contributed by atoms with Crippen LogP contribution in [0.4, 0.5) is 0 Å². The number of amides is 1. The molecule has 0 saturated heterocycles. The Bertz CT molecular complexity index is 536. The molecule has 0 heterocycles. The summed E-state index contributed by atoms with van der Waals surface area (Å²) in [4.78, 5) is 12.2. The molecule has 1 aromatic carbocycles. The Balaban J connectivity index is 2.24. The Kier molecular flexibility index (Phi) is 5.52. The molecular formula is C17H25NO4. The van der Waals surface area contributed by atoms with Gasteiger partial charge in [0, 0.05) is 18.2 Å². The van der Waals surface area contributed by atoms with Crippen LogP contribution in [0.1, 0.15) is 54.9 Å². The molecule has 2 rings (SSSR count). The standard InChI is InChI=1S/C17H25NO4/c1-3-18-17(21)15-14(20)9-13(19)11(2)16(15)22-10-12-7-5-4-6-8-12/h9,12,19-20H,3-8,10H2,1-2H3,(H,18,21). The van der Waals surface area contributed by atoms with Crippen molar-refractivity contribution in [2.24, 2.45) is 5.92 Å². The number of hydrogen-bond acceptors (Lipinski definition) is 4. The number of ether oxygens (including phenoxy) is 1. The highest BCUT2D eigenvalue weighted by Gasteiger charge is 2.23.